The van der Waals surface area contributed by atoms with Crippen molar-refractivity contribution in [1.82, 2.24) is 0 Å². The number of thioether (sulfide) groups is 1. The molecule has 0 bridgehead atoms. The molecule has 162 valence electrons. The van der Waals surface area contributed by atoms with E-state index >= 15 is 0 Å². The summed E-state index contributed by atoms with van der Waals surface area (Å²) in [6.07, 6.45) is 3.52. The molecular formula is C26H17NO5S. The second-order valence-corrected chi connectivity index (χ2v) is 8.00. The second kappa shape index (κ2) is 9.50. The number of ether oxygens (including phenoxy) is 1. The average Bonchev–Trinajstić information content (AvgIpc) is 3.17. The molecule has 0 unspecified atom stereocenters. The summed E-state index contributed by atoms with van der Waals surface area (Å²) in [5.41, 5.74) is 3.17. The van der Waals surface area contributed by atoms with Gasteiger partial charge in [-0.3, -0.25) is 14.4 Å². The molecule has 4 rings (SSSR count). The van der Waals surface area contributed by atoms with Gasteiger partial charge in [-0.2, -0.15) is 0 Å². The van der Waals surface area contributed by atoms with Gasteiger partial charge in [0.2, 0.25) is 5.12 Å². The Balaban J connectivity index is 1.41. The molecule has 3 aromatic rings. The molecule has 6 nitrogen and oxygen atoms in total. The quantitative estimate of drug-likeness (QED) is 0.225. The zero-order chi connectivity index (χ0) is 23.4. The van der Waals surface area contributed by atoms with E-state index in [1.54, 1.807) is 36.4 Å². The molecular weight excluding hydrogens is 438 g/mol. The van der Waals surface area contributed by atoms with Gasteiger partial charge in [-0.05, 0) is 71.4 Å². The van der Waals surface area contributed by atoms with E-state index in [0.717, 1.165) is 38.9 Å². The highest BCUT2D eigenvalue weighted by molar-refractivity contribution is 8.14. The molecule has 0 radical (unpaired) electrons. The summed E-state index contributed by atoms with van der Waals surface area (Å²) in [6.45, 7) is 3.37. The summed E-state index contributed by atoms with van der Waals surface area (Å²) in [5, 5.41) is -0.156. The van der Waals surface area contributed by atoms with Crippen molar-refractivity contribution in [1.29, 1.82) is 0 Å². The molecule has 7 heteroatoms. The van der Waals surface area contributed by atoms with Crippen molar-refractivity contribution in [3.8, 4) is 11.1 Å². The van der Waals surface area contributed by atoms with Crippen LogP contribution in [-0.4, -0.2) is 22.9 Å². The Morgan fingerprint density at radius 1 is 0.758 bits per heavy atom. The smallest absolute Gasteiger partial charge is 0.342 e. The summed E-state index contributed by atoms with van der Waals surface area (Å²) in [6, 6.07) is 20.8. The first-order valence-corrected chi connectivity index (χ1v) is 10.7. The maximum Gasteiger partial charge on any atom is 0.342 e. The van der Waals surface area contributed by atoms with Gasteiger partial charge in [-0.25, -0.2) is 9.69 Å². The summed E-state index contributed by atoms with van der Waals surface area (Å²) < 4.78 is 4.76. The third-order valence-electron chi connectivity index (χ3n) is 4.88. The third-order valence-corrected chi connectivity index (χ3v) is 5.81. The van der Waals surface area contributed by atoms with Crippen molar-refractivity contribution in [2.45, 2.75) is 4.90 Å². The first-order chi connectivity index (χ1) is 16.0. The minimum Gasteiger partial charge on any atom is -0.432 e. The highest BCUT2D eigenvalue weighted by Crippen LogP contribution is 2.28. The number of nitrogens with zero attached hydrogens (tertiary/aromatic N) is 1. The average molecular weight is 455 g/mol. The molecule has 1 aliphatic heterocycles. The molecule has 0 spiro atoms. The largest absolute Gasteiger partial charge is 0.432 e. The minimum atomic E-state index is -0.467. The van der Waals surface area contributed by atoms with E-state index in [1.807, 2.05) is 36.4 Å². The number of carbonyl (C=O) groups excluding carboxylic acids is 4. The van der Waals surface area contributed by atoms with Gasteiger partial charge in [0.15, 0.2) is 0 Å². The SMILES string of the molecule is C=COC(=O)c1ccc(-c2ccc(SC(=O)c3ccc(N4C(=O)C=CC4=O)cc3)cc2)cc1. The van der Waals surface area contributed by atoms with E-state index < -0.39 is 17.8 Å². The van der Waals surface area contributed by atoms with E-state index in [2.05, 4.69) is 6.58 Å². The van der Waals surface area contributed by atoms with Gasteiger partial charge < -0.3 is 4.74 Å². The Kier molecular flexibility index (Phi) is 6.33. The van der Waals surface area contributed by atoms with E-state index in [0.29, 0.717) is 16.8 Å². The Labute approximate surface area is 194 Å². The van der Waals surface area contributed by atoms with Crippen LogP contribution in [0.1, 0.15) is 20.7 Å². The summed E-state index contributed by atoms with van der Waals surface area (Å²) in [4.78, 5) is 49.7. The van der Waals surface area contributed by atoms with Crippen molar-refractivity contribution in [2.75, 3.05) is 4.90 Å². The first-order valence-electron chi connectivity index (χ1n) is 9.87. The fourth-order valence-corrected chi connectivity index (χ4v) is 3.97. The van der Waals surface area contributed by atoms with Crippen LogP contribution in [0, 0.1) is 0 Å². The van der Waals surface area contributed by atoms with Gasteiger partial charge in [-0.1, -0.05) is 30.8 Å². The fourth-order valence-electron chi connectivity index (χ4n) is 3.23. The van der Waals surface area contributed by atoms with E-state index in [1.165, 1.54) is 12.2 Å². The number of esters is 1. The fraction of sp³-hybridized carbons (Fsp3) is 0. The van der Waals surface area contributed by atoms with Crippen molar-refractivity contribution in [3.63, 3.8) is 0 Å². The Morgan fingerprint density at radius 3 is 1.82 bits per heavy atom. The minimum absolute atomic E-state index is 0.156. The van der Waals surface area contributed by atoms with Gasteiger partial charge in [0, 0.05) is 22.6 Å². The van der Waals surface area contributed by atoms with Gasteiger partial charge in [0.1, 0.15) is 0 Å². The summed E-state index contributed by atoms with van der Waals surface area (Å²) in [7, 11) is 0. The van der Waals surface area contributed by atoms with Crippen LogP contribution in [0.2, 0.25) is 0 Å². The second-order valence-electron chi connectivity index (χ2n) is 6.96. The molecule has 3 aromatic carbocycles. The van der Waals surface area contributed by atoms with E-state index in [-0.39, 0.29) is 5.12 Å². The van der Waals surface area contributed by atoms with Crippen molar-refractivity contribution in [2.24, 2.45) is 0 Å². The normalized spacial score (nSPS) is 12.7. The standard InChI is InChI=1S/C26H17NO5S/c1-2-32-25(30)19-5-3-17(4-6-19)18-9-13-22(14-10-18)33-26(31)20-7-11-21(12-8-20)27-23(28)15-16-24(27)29/h2-16H,1H2. The maximum absolute atomic E-state index is 12.6. The van der Waals surface area contributed by atoms with Crippen LogP contribution in [0.25, 0.3) is 11.1 Å². The van der Waals surface area contributed by atoms with Crippen molar-refractivity contribution in [3.05, 3.63) is 109 Å². The van der Waals surface area contributed by atoms with Gasteiger partial charge >= 0.3 is 5.97 Å². The van der Waals surface area contributed by atoms with Crippen LogP contribution in [0.5, 0.6) is 0 Å². The summed E-state index contributed by atoms with van der Waals surface area (Å²) in [5.74, 6) is -1.27. The number of anilines is 1. The molecule has 2 amide bonds. The molecule has 0 aromatic heterocycles. The maximum atomic E-state index is 12.6. The summed E-state index contributed by atoms with van der Waals surface area (Å²) >= 11 is 1.08. The Hall–Kier alpha value is -4.23. The molecule has 0 saturated heterocycles. The van der Waals surface area contributed by atoms with E-state index in [4.69, 9.17) is 4.74 Å². The monoisotopic (exact) mass is 455 g/mol. The molecule has 0 fully saturated rings. The Morgan fingerprint density at radius 2 is 1.27 bits per heavy atom. The molecule has 0 saturated carbocycles. The molecule has 0 aliphatic carbocycles. The Bertz CT molecular complexity index is 1260. The lowest BCUT2D eigenvalue weighted by atomic mass is 10.0. The molecule has 0 N–H and O–H groups in total. The molecule has 1 aliphatic rings. The molecule has 0 atom stereocenters. The number of carbonyl (C=O) groups is 4. The number of rotatable bonds is 6. The number of imide groups is 1. The lowest BCUT2D eigenvalue weighted by Crippen LogP contribution is -2.29. The predicted octanol–water partition coefficient (Wildman–Crippen LogP) is 5.02. The predicted molar refractivity (Wildman–Crippen MR) is 126 cm³/mol. The first kappa shape index (κ1) is 22.0. The van der Waals surface area contributed by atoms with Crippen LogP contribution >= 0.6 is 11.8 Å². The molecule has 1 heterocycles. The van der Waals surface area contributed by atoms with Gasteiger partial charge in [0.25, 0.3) is 11.8 Å². The van der Waals surface area contributed by atoms with Crippen LogP contribution in [0.3, 0.4) is 0 Å². The van der Waals surface area contributed by atoms with Gasteiger partial charge in [-0.15, -0.1) is 0 Å². The zero-order valence-electron chi connectivity index (χ0n) is 17.3. The van der Waals surface area contributed by atoms with Crippen LogP contribution in [-0.2, 0) is 14.3 Å². The highest BCUT2D eigenvalue weighted by Gasteiger charge is 2.25. The van der Waals surface area contributed by atoms with Crippen LogP contribution < -0.4 is 4.90 Å². The number of amides is 2. The van der Waals surface area contributed by atoms with Crippen LogP contribution in [0.4, 0.5) is 5.69 Å². The molecule has 33 heavy (non-hydrogen) atoms. The third kappa shape index (κ3) is 4.83. The lowest BCUT2D eigenvalue weighted by Gasteiger charge is -2.13. The van der Waals surface area contributed by atoms with Gasteiger partial charge in [0.05, 0.1) is 17.5 Å². The number of hydrogen-bond donors (Lipinski definition) is 0. The zero-order valence-corrected chi connectivity index (χ0v) is 18.1. The number of benzene rings is 3. The van der Waals surface area contributed by atoms with E-state index in [9.17, 15) is 19.2 Å². The lowest BCUT2D eigenvalue weighted by molar-refractivity contribution is -0.119. The van der Waals surface area contributed by atoms with Crippen molar-refractivity contribution < 1.29 is 23.9 Å². The van der Waals surface area contributed by atoms with Crippen molar-refractivity contribution >= 4 is 40.3 Å². The number of hydrogen-bond acceptors (Lipinski definition) is 6. The highest BCUT2D eigenvalue weighted by atomic mass is 32.2. The van der Waals surface area contributed by atoms with Crippen LogP contribution in [0.15, 0.2) is 103 Å². The topological polar surface area (TPSA) is 80.8 Å².